The molecule has 0 N–H and O–H groups in total. The first-order valence-electron chi connectivity index (χ1n) is 8.49. The normalized spacial score (nSPS) is 22.2. The van der Waals surface area contributed by atoms with Crippen molar-refractivity contribution in [2.75, 3.05) is 0 Å². The van der Waals surface area contributed by atoms with Crippen LogP contribution in [-0.4, -0.2) is 5.78 Å². The van der Waals surface area contributed by atoms with E-state index in [1.54, 1.807) is 0 Å². The van der Waals surface area contributed by atoms with Crippen molar-refractivity contribution in [2.24, 2.45) is 5.41 Å². The molecule has 0 saturated heterocycles. The maximum Gasteiger partial charge on any atom is 0.196 e. The van der Waals surface area contributed by atoms with E-state index >= 15 is 0 Å². The second kappa shape index (κ2) is 6.72. The van der Waals surface area contributed by atoms with Crippen LogP contribution in [0.5, 0.6) is 0 Å². The number of hydrogen-bond acceptors (Lipinski definition) is 5. The minimum atomic E-state index is -4.94. The van der Waals surface area contributed by atoms with E-state index in [4.69, 9.17) is 18.6 Å². The van der Waals surface area contributed by atoms with Crippen LogP contribution in [0.15, 0.2) is 48.7 Å². The Balaban J connectivity index is 0.000000349. The molecule has 2 unspecified atom stereocenters. The lowest BCUT2D eigenvalue weighted by atomic mass is 9.57. The van der Waals surface area contributed by atoms with Gasteiger partial charge in [-0.3, -0.25) is 4.79 Å². The summed E-state index contributed by atoms with van der Waals surface area (Å²) in [5.74, 6) is 0.328. The van der Waals surface area contributed by atoms with Crippen LogP contribution in [0, 0.1) is 15.7 Å². The predicted molar refractivity (Wildman–Crippen MR) is 81.1 cm³/mol. The smallest absolute Gasteiger partial charge is 0.196 e. The largest absolute Gasteiger partial charge is 0.297 e. The molecule has 3 heterocycles. The van der Waals surface area contributed by atoms with Gasteiger partial charge in [0.25, 0.3) is 0 Å². The zero-order valence-corrected chi connectivity index (χ0v) is 15.3. The molecule has 6 nitrogen and oxygen atoms in total. The van der Waals surface area contributed by atoms with Gasteiger partial charge in [0.15, 0.2) is 23.7 Å². The van der Waals surface area contributed by atoms with Crippen LogP contribution in [0.3, 0.4) is 0 Å². The average Bonchev–Trinajstić information content (AvgIpc) is 2.60. The molecule has 1 aromatic heterocycles. The van der Waals surface area contributed by atoms with Gasteiger partial charge < -0.3 is 0 Å². The highest BCUT2D eigenvalue weighted by Gasteiger charge is 2.62. The minimum Gasteiger partial charge on any atom is -0.297 e. The Hall–Kier alpha value is -1.83. The molecule has 0 fully saturated rings. The van der Waals surface area contributed by atoms with E-state index in [9.17, 15) is 4.79 Å². The van der Waals surface area contributed by atoms with E-state index in [0.717, 1.165) is 18.5 Å². The van der Waals surface area contributed by atoms with E-state index in [1.165, 1.54) is 11.1 Å². The molecule has 26 heavy (non-hydrogen) atoms. The number of ketones is 1. The fraction of sp³-hybridized carbons (Fsp3) is 0.368. The first-order chi connectivity index (χ1) is 12.2. The van der Waals surface area contributed by atoms with E-state index in [-0.39, 0.29) is 17.4 Å². The summed E-state index contributed by atoms with van der Waals surface area (Å²) in [6, 6.07) is 14.9. The molecule has 7 heteroatoms. The maximum atomic E-state index is 13.3. The van der Waals surface area contributed by atoms with Gasteiger partial charge in [-0.05, 0) is 18.4 Å². The Morgan fingerprint density at radius 1 is 0.962 bits per heavy atom. The van der Waals surface area contributed by atoms with Gasteiger partial charge in [-0.25, -0.2) is 18.6 Å². The zero-order chi connectivity index (χ0) is 19.1. The van der Waals surface area contributed by atoms with E-state index in [0.29, 0.717) is 5.78 Å². The molecule has 0 saturated carbocycles. The zero-order valence-electron chi connectivity index (χ0n) is 14.6. The molecule has 5 rings (SSSR count). The van der Waals surface area contributed by atoms with Gasteiger partial charge in [-0.15, -0.1) is 10.2 Å². The molecule has 3 aliphatic rings. The number of carbonyl (C=O) groups excluding carboxylic acids is 1. The SMILES string of the molecule is CCC1(CC)C(=O)C2c3ccccc3C1[n+]1ccccc12.[O-][Cl+3]([O-])([O-])[O-]. The number of rotatable bonds is 2. The summed E-state index contributed by atoms with van der Waals surface area (Å²) in [5.41, 5.74) is 3.47. The van der Waals surface area contributed by atoms with Crippen LogP contribution in [0.2, 0.25) is 0 Å². The number of nitrogens with zero attached hydrogens (tertiary/aromatic N) is 1. The summed E-state index contributed by atoms with van der Waals surface area (Å²) < 4.78 is 36.3. The minimum absolute atomic E-state index is 0.0905. The summed E-state index contributed by atoms with van der Waals surface area (Å²) in [5, 5.41) is 0. The Kier molecular flexibility index (Phi) is 4.90. The highest BCUT2D eigenvalue weighted by molar-refractivity contribution is 5.96. The lowest BCUT2D eigenvalue weighted by molar-refractivity contribution is -2.00. The summed E-state index contributed by atoms with van der Waals surface area (Å²) in [4.78, 5) is 13.3. The molecule has 2 bridgehead atoms. The van der Waals surface area contributed by atoms with E-state index in [2.05, 4.69) is 61.0 Å². The standard InChI is InChI=1S/C19H20NO.ClHO4/c1-3-19(4-2)17-14-10-6-5-9-13(14)16(18(19)21)15-11-7-8-12-20(15)17;2-1(3,4)5/h5-12,16-17H,3-4H2,1-2H3;(H,2,3,4,5)/q+1;/p-1. The molecule has 1 aliphatic carbocycles. The van der Waals surface area contributed by atoms with Crippen molar-refractivity contribution < 1.29 is 38.2 Å². The lowest BCUT2D eigenvalue weighted by Gasteiger charge is -2.46. The number of halogens is 1. The van der Waals surface area contributed by atoms with Crippen LogP contribution in [-0.2, 0) is 4.79 Å². The molecule has 2 aliphatic heterocycles. The van der Waals surface area contributed by atoms with Crippen molar-refractivity contribution in [1.82, 2.24) is 0 Å². The van der Waals surface area contributed by atoms with Crippen LogP contribution in [0.25, 0.3) is 0 Å². The Bertz CT molecular complexity index is 775. The van der Waals surface area contributed by atoms with Gasteiger partial charge in [-0.1, -0.05) is 44.2 Å². The Morgan fingerprint density at radius 3 is 2.08 bits per heavy atom. The van der Waals surface area contributed by atoms with Crippen LogP contribution < -0.4 is 23.2 Å². The van der Waals surface area contributed by atoms with Gasteiger partial charge in [-0.2, -0.15) is 4.57 Å². The van der Waals surface area contributed by atoms with Gasteiger partial charge in [0.1, 0.15) is 5.92 Å². The monoisotopic (exact) mass is 377 g/mol. The second-order valence-electron chi connectivity index (χ2n) is 6.60. The number of hydrogen-bond donors (Lipinski definition) is 0. The van der Waals surface area contributed by atoms with Gasteiger partial charge in [0.05, 0.1) is 5.41 Å². The molecule has 2 aromatic rings. The molecule has 2 atom stereocenters. The maximum absolute atomic E-state index is 13.3. The number of benzene rings is 1. The van der Waals surface area contributed by atoms with Crippen molar-refractivity contribution in [3.05, 3.63) is 65.5 Å². The fourth-order valence-corrected chi connectivity index (χ4v) is 4.53. The molecule has 138 valence electrons. The van der Waals surface area contributed by atoms with Crippen molar-refractivity contribution in [1.29, 1.82) is 0 Å². The third kappa shape index (κ3) is 2.94. The number of pyridine rings is 1. The summed E-state index contributed by atoms with van der Waals surface area (Å²) in [6.07, 6.45) is 3.95. The first-order valence-corrected chi connectivity index (χ1v) is 9.73. The Labute approximate surface area is 154 Å². The summed E-state index contributed by atoms with van der Waals surface area (Å²) in [7, 11) is -4.94. The second-order valence-corrected chi connectivity index (χ2v) is 7.36. The third-order valence-corrected chi connectivity index (χ3v) is 5.64. The molecule has 0 amide bonds. The van der Waals surface area contributed by atoms with Crippen LogP contribution in [0.4, 0.5) is 0 Å². The number of Topliss-reactive ketones (excluding diaryl/α,β-unsaturated/α-hetero) is 1. The topological polar surface area (TPSA) is 113 Å². The van der Waals surface area contributed by atoms with Crippen molar-refractivity contribution in [3.8, 4) is 0 Å². The molecule has 0 radical (unpaired) electrons. The summed E-state index contributed by atoms with van der Waals surface area (Å²) >= 11 is 0. The van der Waals surface area contributed by atoms with Gasteiger partial charge in [0.2, 0.25) is 0 Å². The average molecular weight is 378 g/mol. The predicted octanol–water partition coefficient (Wildman–Crippen LogP) is -1.36. The van der Waals surface area contributed by atoms with Gasteiger partial charge >= 0.3 is 0 Å². The van der Waals surface area contributed by atoms with Gasteiger partial charge in [0, 0.05) is 17.7 Å². The van der Waals surface area contributed by atoms with E-state index < -0.39 is 10.2 Å². The quantitative estimate of drug-likeness (QED) is 0.600. The number of carbonyl (C=O) groups is 1. The first kappa shape index (κ1) is 18.9. The highest BCUT2D eigenvalue weighted by Crippen LogP contribution is 2.54. The van der Waals surface area contributed by atoms with E-state index in [1.807, 2.05) is 6.07 Å². The van der Waals surface area contributed by atoms with Crippen LogP contribution >= 0.6 is 0 Å². The Morgan fingerprint density at radius 2 is 1.50 bits per heavy atom. The lowest BCUT2D eigenvalue weighted by Crippen LogP contribution is -2.68. The number of fused-ring (bicyclic) bond motifs is 1. The summed E-state index contributed by atoms with van der Waals surface area (Å²) in [6.45, 7) is 4.32. The van der Waals surface area contributed by atoms with Crippen molar-refractivity contribution in [2.45, 2.75) is 38.6 Å². The van der Waals surface area contributed by atoms with Crippen LogP contribution in [0.1, 0.15) is 55.5 Å². The molecular formula is C19H20ClNO5. The number of aromatic nitrogens is 1. The molecular weight excluding hydrogens is 358 g/mol. The molecule has 1 aromatic carbocycles. The van der Waals surface area contributed by atoms with Crippen molar-refractivity contribution in [3.63, 3.8) is 0 Å². The van der Waals surface area contributed by atoms with Crippen molar-refractivity contribution >= 4 is 5.78 Å². The highest BCUT2D eigenvalue weighted by atomic mass is 35.7. The third-order valence-electron chi connectivity index (χ3n) is 5.64. The fourth-order valence-electron chi connectivity index (χ4n) is 4.53. The molecule has 0 spiro atoms.